The molecule has 6 heteroatoms. The van der Waals surface area contributed by atoms with Crippen LogP contribution in [0.15, 0.2) is 48.5 Å². The Labute approximate surface area is 151 Å². The molecule has 1 aliphatic heterocycles. The van der Waals surface area contributed by atoms with Gasteiger partial charge in [-0.2, -0.15) is 0 Å². The van der Waals surface area contributed by atoms with Crippen molar-refractivity contribution in [3.63, 3.8) is 0 Å². The molecule has 0 aliphatic carbocycles. The zero-order valence-corrected chi connectivity index (χ0v) is 14.6. The summed E-state index contributed by atoms with van der Waals surface area (Å²) in [4.78, 5) is 23.9. The minimum atomic E-state index is -0.531. The van der Waals surface area contributed by atoms with Gasteiger partial charge >= 0.3 is 0 Å². The van der Waals surface area contributed by atoms with E-state index >= 15 is 0 Å². The minimum absolute atomic E-state index is 0.214. The van der Waals surface area contributed by atoms with Crippen molar-refractivity contribution >= 4 is 29.3 Å². The second-order valence-electron chi connectivity index (χ2n) is 5.75. The van der Waals surface area contributed by atoms with E-state index in [0.717, 1.165) is 11.3 Å². The lowest BCUT2D eigenvalue weighted by molar-refractivity contribution is -0.122. The van der Waals surface area contributed by atoms with Crippen molar-refractivity contribution < 1.29 is 19.1 Å². The fourth-order valence-corrected chi connectivity index (χ4v) is 2.54. The molecule has 0 saturated heterocycles. The highest BCUT2D eigenvalue weighted by atomic mass is 16.5. The third-order valence-electron chi connectivity index (χ3n) is 3.81. The van der Waals surface area contributed by atoms with Gasteiger partial charge in [-0.25, -0.2) is 0 Å². The fourth-order valence-electron chi connectivity index (χ4n) is 2.54. The summed E-state index contributed by atoms with van der Waals surface area (Å²) in [5, 5.41) is 5.52. The van der Waals surface area contributed by atoms with Crippen LogP contribution >= 0.6 is 0 Å². The van der Waals surface area contributed by atoms with Crippen LogP contribution in [0.25, 0.3) is 6.08 Å². The van der Waals surface area contributed by atoms with Crippen molar-refractivity contribution in [2.75, 3.05) is 17.2 Å². The minimum Gasteiger partial charge on any atom is -0.493 e. The lowest BCUT2D eigenvalue weighted by atomic mass is 10.2. The fraction of sp³-hybridized carbons (Fsp3) is 0.200. The molecule has 134 valence electrons. The van der Waals surface area contributed by atoms with Gasteiger partial charge in [-0.1, -0.05) is 18.2 Å². The molecule has 1 aliphatic rings. The molecule has 1 atom stereocenters. The van der Waals surface area contributed by atoms with Gasteiger partial charge in [0.05, 0.1) is 12.3 Å². The second kappa shape index (κ2) is 7.74. The third-order valence-corrected chi connectivity index (χ3v) is 3.81. The predicted octanol–water partition coefficient (Wildman–Crippen LogP) is 3.46. The quantitative estimate of drug-likeness (QED) is 0.808. The first-order valence-corrected chi connectivity index (χ1v) is 8.39. The molecule has 0 aromatic heterocycles. The van der Waals surface area contributed by atoms with Gasteiger partial charge in [0.2, 0.25) is 5.91 Å². The summed E-state index contributed by atoms with van der Waals surface area (Å²) in [6.45, 7) is 4.14. The summed E-state index contributed by atoms with van der Waals surface area (Å²) in [5.74, 6) is 0.805. The molecular weight excluding hydrogens is 332 g/mol. The number of amides is 2. The van der Waals surface area contributed by atoms with Crippen molar-refractivity contribution in [2.45, 2.75) is 20.0 Å². The third kappa shape index (κ3) is 4.03. The van der Waals surface area contributed by atoms with E-state index in [1.54, 1.807) is 31.2 Å². The van der Waals surface area contributed by atoms with Gasteiger partial charge < -0.3 is 20.1 Å². The summed E-state index contributed by atoms with van der Waals surface area (Å²) >= 11 is 0. The number of benzene rings is 2. The molecule has 1 heterocycles. The average Bonchev–Trinajstić information content (AvgIpc) is 2.62. The maximum Gasteiger partial charge on any atom is 0.265 e. The number of rotatable bonds is 5. The first-order valence-electron chi connectivity index (χ1n) is 8.39. The number of para-hydroxylation sites is 1. The van der Waals surface area contributed by atoms with Crippen LogP contribution < -0.4 is 20.1 Å². The summed E-state index contributed by atoms with van der Waals surface area (Å²) in [5.41, 5.74) is 1.93. The number of carbonyl (C=O) groups excluding carboxylic acids is 2. The molecule has 3 rings (SSSR count). The summed E-state index contributed by atoms with van der Waals surface area (Å²) in [6.07, 6.45) is 2.61. The van der Waals surface area contributed by atoms with Gasteiger partial charge in [0.1, 0.15) is 11.5 Å². The van der Waals surface area contributed by atoms with Gasteiger partial charge in [-0.05, 0) is 44.2 Å². The highest BCUT2D eigenvalue weighted by molar-refractivity contribution is 6.03. The molecule has 2 aromatic carbocycles. The normalized spacial score (nSPS) is 15.8. The van der Waals surface area contributed by atoms with Crippen molar-refractivity contribution in [1.29, 1.82) is 0 Å². The van der Waals surface area contributed by atoms with Crippen molar-refractivity contribution in [1.82, 2.24) is 0 Å². The van der Waals surface area contributed by atoms with Crippen LogP contribution in [0.5, 0.6) is 11.5 Å². The Morgan fingerprint density at radius 2 is 2.12 bits per heavy atom. The smallest absolute Gasteiger partial charge is 0.265 e. The van der Waals surface area contributed by atoms with Crippen LogP contribution in [0.2, 0.25) is 0 Å². The maximum atomic E-state index is 12.2. The molecule has 1 unspecified atom stereocenters. The lowest BCUT2D eigenvalue weighted by Gasteiger charge is -2.23. The largest absolute Gasteiger partial charge is 0.493 e. The van der Waals surface area contributed by atoms with Crippen molar-refractivity contribution in [2.24, 2.45) is 0 Å². The number of hydrogen-bond donors (Lipinski definition) is 2. The molecule has 26 heavy (non-hydrogen) atoms. The number of fused-ring (bicyclic) bond motifs is 1. The number of anilines is 2. The Morgan fingerprint density at radius 3 is 2.92 bits per heavy atom. The van der Waals surface area contributed by atoms with E-state index in [4.69, 9.17) is 9.47 Å². The molecular formula is C20H20N2O4. The second-order valence-corrected chi connectivity index (χ2v) is 5.75. The standard InChI is InChI=1S/C20H20N2O4/c1-3-25-17-7-5-4-6-14(17)8-11-19(23)21-15-9-10-18-16(12-15)22-20(24)13(2)26-18/h4-13H,3H2,1-2H3,(H,21,23)(H,22,24)/b11-8+. The zero-order valence-electron chi connectivity index (χ0n) is 14.6. The van der Waals surface area contributed by atoms with Crippen LogP contribution in [0, 0.1) is 0 Å². The van der Waals surface area contributed by atoms with E-state index in [2.05, 4.69) is 10.6 Å². The number of ether oxygens (including phenoxy) is 2. The van der Waals surface area contributed by atoms with E-state index < -0.39 is 6.10 Å². The van der Waals surface area contributed by atoms with Gasteiger partial charge in [0.25, 0.3) is 5.91 Å². The predicted molar refractivity (Wildman–Crippen MR) is 100 cm³/mol. The molecule has 0 spiro atoms. The highest BCUT2D eigenvalue weighted by Gasteiger charge is 2.23. The Kier molecular flexibility index (Phi) is 5.22. The van der Waals surface area contributed by atoms with Crippen LogP contribution in [-0.2, 0) is 9.59 Å². The van der Waals surface area contributed by atoms with E-state index in [1.165, 1.54) is 6.08 Å². The zero-order chi connectivity index (χ0) is 18.5. The van der Waals surface area contributed by atoms with E-state index in [1.807, 2.05) is 31.2 Å². The molecule has 2 N–H and O–H groups in total. The SMILES string of the molecule is CCOc1ccccc1/C=C/C(=O)Nc1ccc2c(c1)NC(=O)C(C)O2. The average molecular weight is 352 g/mol. The molecule has 2 aromatic rings. The van der Waals surface area contributed by atoms with Gasteiger partial charge in [0, 0.05) is 17.3 Å². The molecule has 0 saturated carbocycles. The Bertz CT molecular complexity index is 861. The topological polar surface area (TPSA) is 76.7 Å². The molecule has 2 amide bonds. The monoisotopic (exact) mass is 352 g/mol. The van der Waals surface area contributed by atoms with E-state index in [9.17, 15) is 9.59 Å². The van der Waals surface area contributed by atoms with Gasteiger partial charge in [-0.15, -0.1) is 0 Å². The maximum absolute atomic E-state index is 12.2. The number of nitrogens with one attached hydrogen (secondary N) is 2. The Hall–Kier alpha value is -3.28. The van der Waals surface area contributed by atoms with Crippen LogP contribution in [0.3, 0.4) is 0 Å². The number of carbonyl (C=O) groups is 2. The number of hydrogen-bond acceptors (Lipinski definition) is 4. The highest BCUT2D eigenvalue weighted by Crippen LogP contribution is 2.32. The van der Waals surface area contributed by atoms with Gasteiger partial charge in [0.15, 0.2) is 6.10 Å². The summed E-state index contributed by atoms with van der Waals surface area (Å²) in [6, 6.07) is 12.6. The molecule has 0 radical (unpaired) electrons. The van der Waals surface area contributed by atoms with E-state index in [0.29, 0.717) is 23.7 Å². The van der Waals surface area contributed by atoms with Crippen molar-refractivity contribution in [3.05, 3.63) is 54.1 Å². The van der Waals surface area contributed by atoms with Crippen molar-refractivity contribution in [3.8, 4) is 11.5 Å². The lowest BCUT2D eigenvalue weighted by Crippen LogP contribution is -2.34. The van der Waals surface area contributed by atoms with Crippen LogP contribution in [-0.4, -0.2) is 24.5 Å². The molecule has 6 nitrogen and oxygen atoms in total. The first-order chi connectivity index (χ1) is 12.6. The van der Waals surface area contributed by atoms with Gasteiger partial charge in [-0.3, -0.25) is 9.59 Å². The Balaban J connectivity index is 1.69. The summed E-state index contributed by atoms with van der Waals surface area (Å²) < 4.78 is 11.0. The van der Waals surface area contributed by atoms with E-state index in [-0.39, 0.29) is 11.8 Å². The van der Waals surface area contributed by atoms with Crippen LogP contribution in [0.4, 0.5) is 11.4 Å². The summed E-state index contributed by atoms with van der Waals surface area (Å²) in [7, 11) is 0. The first kappa shape index (κ1) is 17.5. The Morgan fingerprint density at radius 1 is 1.31 bits per heavy atom. The van der Waals surface area contributed by atoms with Crippen LogP contribution in [0.1, 0.15) is 19.4 Å². The molecule has 0 bridgehead atoms. The molecule has 0 fully saturated rings.